The predicted octanol–water partition coefficient (Wildman–Crippen LogP) is 4.51. The number of hydrogen-bond acceptors (Lipinski definition) is 1. The van der Waals surface area contributed by atoms with E-state index in [2.05, 4.69) is 38.4 Å². The molecule has 0 aliphatic rings. The molecular weight excluding hydrogens is 372 g/mol. The zero-order valence-electron chi connectivity index (χ0n) is 11.9. The number of ether oxygens (including phenoxy) is 1. The quantitative estimate of drug-likeness (QED) is 0.203. The maximum absolute atomic E-state index is 5.47. The van der Waals surface area contributed by atoms with Gasteiger partial charge < -0.3 is 4.74 Å². The Hall–Kier alpha value is 0.877. The molecule has 0 aliphatic carbocycles. The van der Waals surface area contributed by atoms with Gasteiger partial charge in [-0.15, -0.1) is 0 Å². The van der Waals surface area contributed by atoms with Gasteiger partial charge in [-0.1, -0.05) is 82.5 Å². The Balaban J connectivity index is 3.06. The first-order valence-corrected chi connectivity index (χ1v) is 9.60. The van der Waals surface area contributed by atoms with Crippen molar-refractivity contribution < 1.29 is 4.74 Å². The molecule has 0 saturated heterocycles. The molecule has 0 fully saturated rings. The smallest absolute Gasteiger partial charge is 0.0671 e. The maximum atomic E-state index is 5.47. The number of alkyl halides is 2. The first-order valence-electron chi connectivity index (χ1n) is 7.02. The van der Waals surface area contributed by atoms with Crippen LogP contribution in [0.15, 0.2) is 12.2 Å². The van der Waals surface area contributed by atoms with Gasteiger partial charge in [-0.3, -0.25) is 0 Å². The van der Waals surface area contributed by atoms with Gasteiger partial charge in [0.2, 0.25) is 0 Å². The Kier molecular flexibility index (Phi) is 12.3. The number of rotatable bonds is 12. The van der Waals surface area contributed by atoms with Crippen LogP contribution in [0, 0.1) is 0 Å². The van der Waals surface area contributed by atoms with Gasteiger partial charge in [0.15, 0.2) is 0 Å². The second-order valence-electron chi connectivity index (χ2n) is 5.30. The van der Waals surface area contributed by atoms with Crippen molar-refractivity contribution in [3.8, 4) is 0 Å². The summed E-state index contributed by atoms with van der Waals surface area (Å²) in [5.41, 5.74) is 1.11. The standard InChI is InChI=1S/C14H28Br2OSi/c1-13(2)12-17-11-9-7-5-3-4-6-8-10-14(15,16)18/h1,3-12H2,2,18H3. The predicted molar refractivity (Wildman–Crippen MR) is 93.1 cm³/mol. The minimum atomic E-state index is 0.278. The Labute approximate surface area is 133 Å². The van der Waals surface area contributed by atoms with E-state index in [1.54, 1.807) is 0 Å². The van der Waals surface area contributed by atoms with E-state index in [1.165, 1.54) is 51.4 Å². The van der Waals surface area contributed by atoms with Crippen molar-refractivity contribution in [3.63, 3.8) is 0 Å². The molecule has 0 spiro atoms. The summed E-state index contributed by atoms with van der Waals surface area (Å²) in [4.78, 5) is 0. The summed E-state index contributed by atoms with van der Waals surface area (Å²) in [6.07, 6.45) is 10.6. The summed E-state index contributed by atoms with van der Waals surface area (Å²) >= 11 is 7.33. The third kappa shape index (κ3) is 16.9. The van der Waals surface area contributed by atoms with Crippen molar-refractivity contribution >= 4 is 42.1 Å². The third-order valence-corrected chi connectivity index (χ3v) is 4.05. The molecule has 0 aliphatic heterocycles. The van der Waals surface area contributed by atoms with Crippen LogP contribution >= 0.6 is 31.9 Å². The lowest BCUT2D eigenvalue weighted by Gasteiger charge is -2.13. The van der Waals surface area contributed by atoms with Gasteiger partial charge in [-0.25, -0.2) is 0 Å². The first kappa shape index (κ1) is 18.9. The lowest BCUT2D eigenvalue weighted by Crippen LogP contribution is -2.09. The zero-order chi connectivity index (χ0) is 13.9. The van der Waals surface area contributed by atoms with Crippen LogP contribution in [0.5, 0.6) is 0 Å². The maximum Gasteiger partial charge on any atom is 0.0671 e. The molecule has 0 aromatic rings. The number of hydrogen-bond donors (Lipinski definition) is 0. The van der Waals surface area contributed by atoms with Gasteiger partial charge in [0, 0.05) is 16.8 Å². The lowest BCUT2D eigenvalue weighted by molar-refractivity contribution is 0.151. The van der Waals surface area contributed by atoms with Crippen molar-refractivity contribution in [2.75, 3.05) is 13.2 Å². The molecule has 108 valence electrons. The van der Waals surface area contributed by atoms with Crippen LogP contribution in [0.4, 0.5) is 0 Å². The lowest BCUT2D eigenvalue weighted by atomic mass is 10.1. The minimum Gasteiger partial charge on any atom is -0.377 e. The molecule has 4 heteroatoms. The highest BCUT2D eigenvalue weighted by Crippen LogP contribution is 2.28. The fraction of sp³-hybridized carbons (Fsp3) is 0.857. The molecule has 0 atom stereocenters. The summed E-state index contributed by atoms with van der Waals surface area (Å²) in [6.45, 7) is 7.44. The molecule has 0 amide bonds. The highest BCUT2D eigenvalue weighted by molar-refractivity contribution is 9.26. The van der Waals surface area contributed by atoms with Crippen molar-refractivity contribution in [3.05, 3.63) is 12.2 Å². The van der Waals surface area contributed by atoms with Crippen molar-refractivity contribution in [2.24, 2.45) is 0 Å². The normalized spacial score (nSPS) is 11.9. The van der Waals surface area contributed by atoms with Crippen LogP contribution in [0.1, 0.15) is 58.3 Å². The van der Waals surface area contributed by atoms with Crippen molar-refractivity contribution in [1.82, 2.24) is 0 Å². The average Bonchev–Trinajstić information content (AvgIpc) is 2.24. The van der Waals surface area contributed by atoms with Gasteiger partial charge in [0.25, 0.3) is 0 Å². The molecule has 0 saturated carbocycles. The van der Waals surface area contributed by atoms with E-state index in [9.17, 15) is 0 Å². The fourth-order valence-electron chi connectivity index (χ4n) is 1.77. The summed E-state index contributed by atoms with van der Waals surface area (Å²) in [7, 11) is 1.16. The number of halogens is 2. The van der Waals surface area contributed by atoms with E-state index in [0.29, 0.717) is 0 Å². The van der Waals surface area contributed by atoms with Crippen LogP contribution in [0.25, 0.3) is 0 Å². The highest BCUT2D eigenvalue weighted by atomic mass is 79.9. The van der Waals surface area contributed by atoms with E-state index < -0.39 is 0 Å². The SMILES string of the molecule is C=C(C)COCCCCCCCCCC([SiH3])(Br)Br. The molecule has 0 radical (unpaired) electrons. The van der Waals surface area contributed by atoms with E-state index in [0.717, 1.165) is 29.0 Å². The molecule has 1 nitrogen and oxygen atoms in total. The van der Waals surface area contributed by atoms with Crippen molar-refractivity contribution in [1.29, 1.82) is 0 Å². The van der Waals surface area contributed by atoms with Crippen LogP contribution in [0.3, 0.4) is 0 Å². The second kappa shape index (κ2) is 11.7. The van der Waals surface area contributed by atoms with E-state index >= 15 is 0 Å². The Morgan fingerprint density at radius 3 is 2.06 bits per heavy atom. The Bertz CT molecular complexity index is 214. The molecule has 0 N–H and O–H groups in total. The zero-order valence-corrected chi connectivity index (χ0v) is 17.1. The fourth-order valence-corrected chi connectivity index (χ4v) is 2.68. The molecule has 18 heavy (non-hydrogen) atoms. The number of unbranched alkanes of at least 4 members (excludes halogenated alkanes) is 6. The van der Waals surface area contributed by atoms with Crippen molar-refractivity contribution in [2.45, 2.75) is 61.1 Å². The molecule has 0 rings (SSSR count). The van der Waals surface area contributed by atoms with Gasteiger partial charge in [-0.2, -0.15) is 0 Å². The summed E-state index contributed by atoms with van der Waals surface area (Å²) in [5.74, 6) is 0. The molecule has 0 unspecified atom stereocenters. The first-order chi connectivity index (χ1) is 8.42. The van der Waals surface area contributed by atoms with E-state index in [4.69, 9.17) is 4.74 Å². The van der Waals surface area contributed by atoms with Gasteiger partial charge >= 0.3 is 0 Å². The van der Waals surface area contributed by atoms with E-state index in [1.807, 2.05) is 6.92 Å². The molecule has 0 heterocycles. The molecule has 0 aromatic heterocycles. The van der Waals surface area contributed by atoms with Crippen LogP contribution in [0.2, 0.25) is 0 Å². The van der Waals surface area contributed by atoms with E-state index in [-0.39, 0.29) is 2.86 Å². The molecule has 0 bridgehead atoms. The summed E-state index contributed by atoms with van der Waals surface area (Å²) < 4.78 is 5.75. The third-order valence-electron chi connectivity index (χ3n) is 2.75. The monoisotopic (exact) mass is 398 g/mol. The topological polar surface area (TPSA) is 9.23 Å². The van der Waals surface area contributed by atoms with Gasteiger partial charge in [0.1, 0.15) is 0 Å². The Morgan fingerprint density at radius 1 is 1.06 bits per heavy atom. The molecular formula is C14H28Br2OSi. The second-order valence-corrected chi connectivity index (χ2v) is 14.5. The van der Waals surface area contributed by atoms with Crippen LogP contribution in [-0.4, -0.2) is 26.3 Å². The summed E-state index contributed by atoms with van der Waals surface area (Å²) in [6, 6.07) is 0. The minimum absolute atomic E-state index is 0.278. The largest absolute Gasteiger partial charge is 0.377 e. The highest BCUT2D eigenvalue weighted by Gasteiger charge is 2.13. The van der Waals surface area contributed by atoms with Gasteiger partial charge in [-0.05, 0) is 19.8 Å². The average molecular weight is 400 g/mol. The molecule has 0 aromatic carbocycles. The Morgan fingerprint density at radius 2 is 1.56 bits per heavy atom. The van der Waals surface area contributed by atoms with Gasteiger partial charge in [0.05, 0.1) is 9.46 Å². The van der Waals surface area contributed by atoms with Crippen LogP contribution < -0.4 is 0 Å². The van der Waals surface area contributed by atoms with Crippen LogP contribution in [-0.2, 0) is 4.74 Å². The summed E-state index contributed by atoms with van der Waals surface area (Å²) in [5, 5.41) is 0.